The lowest BCUT2D eigenvalue weighted by Gasteiger charge is -2.32. The fourth-order valence-electron chi connectivity index (χ4n) is 2.61. The normalized spacial score (nSPS) is 17.8. The van der Waals surface area contributed by atoms with Crippen LogP contribution in [0.15, 0.2) is 24.3 Å². The van der Waals surface area contributed by atoms with E-state index in [0.717, 1.165) is 11.6 Å². The molecule has 1 saturated heterocycles. The van der Waals surface area contributed by atoms with E-state index in [4.69, 9.17) is 11.6 Å². The van der Waals surface area contributed by atoms with Crippen LogP contribution in [0.1, 0.15) is 38.2 Å². The molecule has 2 nitrogen and oxygen atoms in total. The van der Waals surface area contributed by atoms with Crippen molar-refractivity contribution in [1.29, 1.82) is 0 Å². The average Bonchev–Trinajstić information content (AvgIpc) is 2.46. The first-order valence-corrected chi connectivity index (χ1v) is 7.86. The first-order valence-electron chi connectivity index (χ1n) is 7.48. The van der Waals surface area contributed by atoms with Crippen LogP contribution >= 0.6 is 11.6 Å². The molecule has 0 unspecified atom stereocenters. The average molecular weight is 281 g/mol. The fourth-order valence-corrected chi connectivity index (χ4v) is 2.73. The molecule has 0 aliphatic carbocycles. The van der Waals surface area contributed by atoms with Gasteiger partial charge in [-0.3, -0.25) is 0 Å². The largest absolute Gasteiger partial charge is 0.310 e. The van der Waals surface area contributed by atoms with E-state index in [2.05, 4.69) is 29.3 Å². The second-order valence-corrected chi connectivity index (χ2v) is 5.91. The Morgan fingerprint density at radius 2 is 1.89 bits per heavy atom. The SMILES string of the molecule is CCCCN1CCC(NCc2ccc(Cl)cc2)CC1. The number of benzene rings is 1. The minimum Gasteiger partial charge on any atom is -0.310 e. The van der Waals surface area contributed by atoms with E-state index in [1.165, 1.54) is 50.9 Å². The Labute approximate surface area is 122 Å². The van der Waals surface area contributed by atoms with Crippen molar-refractivity contribution in [3.05, 3.63) is 34.9 Å². The Morgan fingerprint density at radius 1 is 1.21 bits per heavy atom. The highest BCUT2D eigenvalue weighted by Crippen LogP contribution is 2.13. The Morgan fingerprint density at radius 3 is 2.53 bits per heavy atom. The smallest absolute Gasteiger partial charge is 0.0406 e. The molecule has 0 aromatic heterocycles. The number of piperidine rings is 1. The summed E-state index contributed by atoms with van der Waals surface area (Å²) in [5.74, 6) is 0. The summed E-state index contributed by atoms with van der Waals surface area (Å²) in [6, 6.07) is 8.81. The van der Waals surface area contributed by atoms with Crippen LogP contribution in [0.4, 0.5) is 0 Å². The van der Waals surface area contributed by atoms with Gasteiger partial charge in [0.05, 0.1) is 0 Å². The lowest BCUT2D eigenvalue weighted by Crippen LogP contribution is -2.42. The molecule has 1 fully saturated rings. The van der Waals surface area contributed by atoms with Crippen molar-refractivity contribution in [2.45, 2.75) is 45.2 Å². The number of hydrogen-bond acceptors (Lipinski definition) is 2. The third-order valence-corrected chi connectivity index (χ3v) is 4.18. The summed E-state index contributed by atoms with van der Waals surface area (Å²) in [4.78, 5) is 2.60. The van der Waals surface area contributed by atoms with Crippen LogP contribution < -0.4 is 5.32 Å². The van der Waals surface area contributed by atoms with Crippen molar-refractivity contribution < 1.29 is 0 Å². The van der Waals surface area contributed by atoms with Gasteiger partial charge in [0, 0.05) is 17.6 Å². The van der Waals surface area contributed by atoms with Crippen LogP contribution in [0.25, 0.3) is 0 Å². The number of likely N-dealkylation sites (tertiary alicyclic amines) is 1. The Kier molecular flexibility index (Phi) is 6.15. The number of nitrogens with one attached hydrogen (secondary N) is 1. The molecule has 1 aliphatic rings. The van der Waals surface area contributed by atoms with Gasteiger partial charge in [-0.15, -0.1) is 0 Å². The summed E-state index contributed by atoms with van der Waals surface area (Å²) in [7, 11) is 0. The molecule has 1 N–H and O–H groups in total. The summed E-state index contributed by atoms with van der Waals surface area (Å²) in [6.07, 6.45) is 5.19. The van der Waals surface area contributed by atoms with Crippen molar-refractivity contribution >= 4 is 11.6 Å². The quantitative estimate of drug-likeness (QED) is 0.855. The molecule has 1 heterocycles. The monoisotopic (exact) mass is 280 g/mol. The third-order valence-electron chi connectivity index (χ3n) is 3.92. The summed E-state index contributed by atoms with van der Waals surface area (Å²) >= 11 is 5.89. The molecule has 19 heavy (non-hydrogen) atoms. The van der Waals surface area contributed by atoms with Crippen LogP contribution in [0.5, 0.6) is 0 Å². The number of rotatable bonds is 6. The van der Waals surface area contributed by atoms with E-state index in [9.17, 15) is 0 Å². The van der Waals surface area contributed by atoms with Crippen LogP contribution in [0, 0.1) is 0 Å². The molecular weight excluding hydrogens is 256 g/mol. The van der Waals surface area contributed by atoms with E-state index in [1.807, 2.05) is 12.1 Å². The van der Waals surface area contributed by atoms with E-state index in [0.29, 0.717) is 6.04 Å². The van der Waals surface area contributed by atoms with Crippen LogP contribution in [0.3, 0.4) is 0 Å². The highest BCUT2D eigenvalue weighted by molar-refractivity contribution is 6.30. The molecule has 0 atom stereocenters. The van der Waals surface area contributed by atoms with Gasteiger partial charge >= 0.3 is 0 Å². The third kappa shape index (κ3) is 5.13. The lowest BCUT2D eigenvalue weighted by molar-refractivity contribution is 0.195. The van der Waals surface area contributed by atoms with Crippen molar-refractivity contribution in [2.75, 3.05) is 19.6 Å². The number of unbranched alkanes of at least 4 members (excludes halogenated alkanes) is 1. The predicted molar refractivity (Wildman–Crippen MR) is 82.7 cm³/mol. The number of halogens is 1. The number of hydrogen-bond donors (Lipinski definition) is 1. The summed E-state index contributed by atoms with van der Waals surface area (Å²) < 4.78 is 0. The maximum absolute atomic E-state index is 5.89. The Balaban J connectivity index is 1.67. The van der Waals surface area contributed by atoms with Gasteiger partial charge in [0.15, 0.2) is 0 Å². The van der Waals surface area contributed by atoms with Gasteiger partial charge in [0.2, 0.25) is 0 Å². The van der Waals surface area contributed by atoms with Gasteiger partial charge in [-0.05, 0) is 56.6 Å². The Hall–Kier alpha value is -0.570. The van der Waals surface area contributed by atoms with E-state index >= 15 is 0 Å². The molecule has 0 bridgehead atoms. The van der Waals surface area contributed by atoms with Gasteiger partial charge in [0.1, 0.15) is 0 Å². The van der Waals surface area contributed by atoms with Crippen LogP contribution in [-0.4, -0.2) is 30.6 Å². The Bertz CT molecular complexity index is 356. The van der Waals surface area contributed by atoms with Crippen molar-refractivity contribution in [1.82, 2.24) is 10.2 Å². The van der Waals surface area contributed by atoms with Crippen LogP contribution in [-0.2, 0) is 6.54 Å². The molecule has 1 aromatic rings. The van der Waals surface area contributed by atoms with Crippen molar-refractivity contribution in [3.8, 4) is 0 Å². The molecule has 3 heteroatoms. The molecular formula is C16H25ClN2. The van der Waals surface area contributed by atoms with E-state index in [1.54, 1.807) is 0 Å². The summed E-state index contributed by atoms with van der Waals surface area (Å²) in [5, 5.41) is 4.48. The van der Waals surface area contributed by atoms with Crippen molar-refractivity contribution in [3.63, 3.8) is 0 Å². The second-order valence-electron chi connectivity index (χ2n) is 5.48. The first kappa shape index (κ1) is 14.8. The zero-order chi connectivity index (χ0) is 13.5. The van der Waals surface area contributed by atoms with Gasteiger partial charge < -0.3 is 10.2 Å². The molecule has 0 radical (unpaired) electrons. The van der Waals surface area contributed by atoms with Crippen molar-refractivity contribution in [2.24, 2.45) is 0 Å². The zero-order valence-electron chi connectivity index (χ0n) is 11.9. The minimum absolute atomic E-state index is 0.675. The minimum atomic E-state index is 0.675. The fraction of sp³-hybridized carbons (Fsp3) is 0.625. The molecule has 1 aliphatic heterocycles. The first-order chi connectivity index (χ1) is 9.28. The second kappa shape index (κ2) is 7.88. The summed E-state index contributed by atoms with van der Waals surface area (Å²) in [6.45, 7) is 6.99. The topological polar surface area (TPSA) is 15.3 Å². The molecule has 0 spiro atoms. The maximum atomic E-state index is 5.89. The van der Waals surface area contributed by atoms with Gasteiger partial charge in [-0.25, -0.2) is 0 Å². The van der Waals surface area contributed by atoms with Gasteiger partial charge in [-0.1, -0.05) is 37.1 Å². The van der Waals surface area contributed by atoms with E-state index < -0.39 is 0 Å². The number of nitrogens with zero attached hydrogens (tertiary/aromatic N) is 1. The standard InChI is InChI=1S/C16H25ClN2/c1-2-3-10-19-11-8-16(9-12-19)18-13-14-4-6-15(17)7-5-14/h4-7,16,18H,2-3,8-13H2,1H3. The molecule has 1 aromatic carbocycles. The zero-order valence-corrected chi connectivity index (χ0v) is 12.6. The molecule has 0 amide bonds. The molecule has 106 valence electrons. The molecule has 2 rings (SSSR count). The summed E-state index contributed by atoms with van der Waals surface area (Å²) in [5.41, 5.74) is 1.32. The highest BCUT2D eigenvalue weighted by atomic mass is 35.5. The molecule has 0 saturated carbocycles. The predicted octanol–water partition coefficient (Wildman–Crippen LogP) is 3.69. The van der Waals surface area contributed by atoms with E-state index in [-0.39, 0.29) is 0 Å². The lowest BCUT2D eigenvalue weighted by atomic mass is 10.0. The van der Waals surface area contributed by atoms with Gasteiger partial charge in [-0.2, -0.15) is 0 Å². The maximum Gasteiger partial charge on any atom is 0.0406 e. The highest BCUT2D eigenvalue weighted by Gasteiger charge is 2.17. The van der Waals surface area contributed by atoms with Crippen LogP contribution in [0.2, 0.25) is 5.02 Å². The van der Waals surface area contributed by atoms with Gasteiger partial charge in [0.25, 0.3) is 0 Å².